The molecule has 1 saturated heterocycles. The maximum absolute atomic E-state index is 8.70. The molecule has 0 radical (unpaired) electrons. The van der Waals surface area contributed by atoms with Crippen LogP contribution in [0.1, 0.15) is 19.3 Å². The number of hydrogen-bond acceptors (Lipinski definition) is 5. The zero-order valence-corrected chi connectivity index (χ0v) is 10.9. The third kappa shape index (κ3) is 4.84. The normalized spacial score (nSPS) is 20.4. The molecule has 0 bridgehead atoms. The van der Waals surface area contributed by atoms with E-state index in [1.54, 1.807) is 0 Å². The van der Waals surface area contributed by atoms with Crippen LogP contribution in [0.2, 0.25) is 6.04 Å². The first kappa shape index (κ1) is 13.5. The van der Waals surface area contributed by atoms with Crippen molar-refractivity contribution in [2.45, 2.75) is 25.3 Å². The van der Waals surface area contributed by atoms with Gasteiger partial charge >= 0.3 is 8.80 Å². The van der Waals surface area contributed by atoms with Crippen molar-refractivity contribution >= 4 is 21.4 Å². The highest BCUT2D eigenvalue weighted by Crippen LogP contribution is 2.22. The van der Waals surface area contributed by atoms with E-state index in [2.05, 4.69) is 12.6 Å². The van der Waals surface area contributed by atoms with Gasteiger partial charge in [-0.05, 0) is 25.0 Å². The van der Waals surface area contributed by atoms with Gasteiger partial charge in [0.25, 0.3) is 0 Å². The van der Waals surface area contributed by atoms with Gasteiger partial charge in [-0.3, -0.25) is 0 Å². The van der Waals surface area contributed by atoms with Crippen molar-refractivity contribution in [1.29, 1.82) is 0 Å². The molecule has 1 aliphatic heterocycles. The maximum Gasteiger partial charge on any atom is 0.500 e. The van der Waals surface area contributed by atoms with Gasteiger partial charge in [0.15, 0.2) is 0 Å². The molecule has 1 fully saturated rings. The molecular weight excluding hydrogens is 232 g/mol. The van der Waals surface area contributed by atoms with Crippen molar-refractivity contribution in [2.75, 3.05) is 32.2 Å². The second-order valence-electron chi connectivity index (χ2n) is 3.49. The van der Waals surface area contributed by atoms with E-state index >= 15 is 0 Å². The number of aliphatic hydroxyl groups excluding tert-OH is 1. The van der Waals surface area contributed by atoms with Crippen LogP contribution in [0.3, 0.4) is 0 Å². The van der Waals surface area contributed by atoms with Crippen LogP contribution in [0.25, 0.3) is 0 Å². The van der Waals surface area contributed by atoms with Gasteiger partial charge in [0.1, 0.15) is 0 Å². The van der Waals surface area contributed by atoms with Crippen LogP contribution in [-0.4, -0.2) is 46.1 Å². The van der Waals surface area contributed by atoms with E-state index in [9.17, 15) is 0 Å². The summed E-state index contributed by atoms with van der Waals surface area (Å²) in [5.41, 5.74) is 0. The zero-order valence-electron chi connectivity index (χ0n) is 8.98. The van der Waals surface area contributed by atoms with Crippen LogP contribution in [-0.2, 0) is 13.3 Å². The monoisotopic (exact) mass is 252 g/mol. The quantitative estimate of drug-likeness (QED) is 0.404. The molecule has 15 heavy (non-hydrogen) atoms. The first-order valence-electron chi connectivity index (χ1n) is 5.46. The molecule has 4 nitrogen and oxygen atoms in total. The average Bonchev–Trinajstić information content (AvgIpc) is 2.28. The lowest BCUT2D eigenvalue weighted by Gasteiger charge is -2.33. The minimum absolute atomic E-state index is 0.150. The topological polar surface area (TPSA) is 47.9 Å². The molecule has 1 heterocycles. The Morgan fingerprint density at radius 1 is 1.27 bits per heavy atom. The highest BCUT2D eigenvalue weighted by atomic mass is 32.1. The Kier molecular flexibility index (Phi) is 6.86. The minimum Gasteiger partial charge on any atom is -0.396 e. The fraction of sp³-hybridized carbons (Fsp3) is 1.00. The molecule has 0 aromatic carbocycles. The lowest BCUT2D eigenvalue weighted by Crippen LogP contribution is -2.49. The van der Waals surface area contributed by atoms with Crippen LogP contribution in [0, 0.1) is 0 Å². The molecule has 0 aromatic heterocycles. The van der Waals surface area contributed by atoms with Crippen molar-refractivity contribution in [3.8, 4) is 0 Å². The summed E-state index contributed by atoms with van der Waals surface area (Å²) in [6, 6.07) is 0.835. The maximum atomic E-state index is 8.70. The van der Waals surface area contributed by atoms with Crippen molar-refractivity contribution in [3.05, 3.63) is 0 Å². The zero-order chi connectivity index (χ0) is 11.0. The molecule has 0 saturated carbocycles. The Morgan fingerprint density at radius 2 is 2.00 bits per heavy atom. The summed E-state index contributed by atoms with van der Waals surface area (Å²) in [5.74, 6) is 0.824. The molecule has 0 atom stereocenters. The molecule has 1 rings (SSSR count). The van der Waals surface area contributed by atoms with E-state index in [1.165, 1.54) is 0 Å². The van der Waals surface area contributed by atoms with Crippen molar-refractivity contribution in [1.82, 2.24) is 0 Å². The first-order chi connectivity index (χ1) is 7.33. The molecule has 90 valence electrons. The molecule has 0 spiro atoms. The SMILES string of the molecule is OCCCO[Si]1(CCCS)OCCCO1. The van der Waals surface area contributed by atoms with E-state index in [0.717, 1.165) is 37.9 Å². The third-order valence-electron chi connectivity index (χ3n) is 2.20. The minimum atomic E-state index is -2.40. The van der Waals surface area contributed by atoms with Crippen LogP contribution in [0.4, 0.5) is 0 Å². The van der Waals surface area contributed by atoms with E-state index in [1.807, 2.05) is 0 Å². The van der Waals surface area contributed by atoms with Gasteiger partial charge in [0.2, 0.25) is 0 Å². The first-order valence-corrected chi connectivity index (χ1v) is 8.03. The summed E-state index contributed by atoms with van der Waals surface area (Å²) in [6.45, 7) is 2.14. The Morgan fingerprint density at radius 3 is 2.60 bits per heavy atom. The molecule has 6 heteroatoms. The van der Waals surface area contributed by atoms with Crippen LogP contribution < -0.4 is 0 Å². The van der Waals surface area contributed by atoms with E-state index in [0.29, 0.717) is 13.0 Å². The van der Waals surface area contributed by atoms with E-state index in [4.69, 9.17) is 18.4 Å². The second kappa shape index (κ2) is 7.64. The molecular formula is C9H20O4SSi. The summed E-state index contributed by atoms with van der Waals surface area (Å²) >= 11 is 4.18. The molecule has 0 aliphatic carbocycles. The van der Waals surface area contributed by atoms with Gasteiger partial charge in [-0.2, -0.15) is 12.6 Å². The average molecular weight is 252 g/mol. The fourth-order valence-corrected chi connectivity index (χ4v) is 4.56. The third-order valence-corrected chi connectivity index (χ3v) is 5.41. The molecule has 0 aromatic rings. The smallest absolute Gasteiger partial charge is 0.396 e. The van der Waals surface area contributed by atoms with Gasteiger partial charge in [-0.1, -0.05) is 0 Å². The Hall–Kier alpha value is 0.407. The summed E-state index contributed by atoms with van der Waals surface area (Å²) in [4.78, 5) is 0. The lowest BCUT2D eigenvalue weighted by molar-refractivity contribution is 0.0193. The van der Waals surface area contributed by atoms with E-state index < -0.39 is 8.80 Å². The highest BCUT2D eigenvalue weighted by molar-refractivity contribution is 7.80. The number of rotatable bonds is 7. The summed E-state index contributed by atoms with van der Waals surface area (Å²) in [7, 11) is -2.40. The number of thiol groups is 1. The van der Waals surface area contributed by atoms with Gasteiger partial charge < -0.3 is 18.4 Å². The van der Waals surface area contributed by atoms with Crippen molar-refractivity contribution in [3.63, 3.8) is 0 Å². The van der Waals surface area contributed by atoms with Gasteiger partial charge in [-0.25, -0.2) is 0 Å². The summed E-state index contributed by atoms with van der Waals surface area (Å²) in [5, 5.41) is 8.70. The van der Waals surface area contributed by atoms with Gasteiger partial charge in [-0.15, -0.1) is 0 Å². The van der Waals surface area contributed by atoms with Gasteiger partial charge in [0.05, 0.1) is 0 Å². The van der Waals surface area contributed by atoms with Gasteiger partial charge in [0, 0.05) is 32.5 Å². The predicted octanol–water partition coefficient (Wildman–Crippen LogP) is 1.08. The number of hydrogen-bond donors (Lipinski definition) is 2. The van der Waals surface area contributed by atoms with Crippen LogP contribution in [0.5, 0.6) is 0 Å². The molecule has 1 N–H and O–H groups in total. The summed E-state index contributed by atoms with van der Waals surface area (Å²) in [6.07, 6.45) is 2.54. The molecule has 1 aliphatic rings. The van der Waals surface area contributed by atoms with Crippen LogP contribution in [0.15, 0.2) is 0 Å². The molecule has 0 unspecified atom stereocenters. The fourth-order valence-electron chi connectivity index (χ4n) is 1.44. The molecule has 0 amide bonds. The lowest BCUT2D eigenvalue weighted by atomic mass is 10.5. The Labute approximate surface area is 97.7 Å². The summed E-state index contributed by atoms with van der Waals surface area (Å²) < 4.78 is 17.1. The Bertz CT molecular complexity index is 164. The number of aliphatic hydroxyl groups is 1. The van der Waals surface area contributed by atoms with Crippen LogP contribution >= 0.6 is 12.6 Å². The Balaban J connectivity index is 2.35. The predicted molar refractivity (Wildman–Crippen MR) is 63.2 cm³/mol. The largest absolute Gasteiger partial charge is 0.500 e. The highest BCUT2D eigenvalue weighted by Gasteiger charge is 2.42. The van der Waals surface area contributed by atoms with E-state index in [-0.39, 0.29) is 6.61 Å². The second-order valence-corrected chi connectivity index (χ2v) is 6.67. The standard InChI is InChI=1S/C9H20O4SSi/c10-4-1-5-11-15(9-3-8-14)12-6-2-7-13-15/h10,14H,1-9H2. The van der Waals surface area contributed by atoms with Crippen molar-refractivity contribution < 1.29 is 18.4 Å². The van der Waals surface area contributed by atoms with Crippen molar-refractivity contribution in [2.24, 2.45) is 0 Å².